The SMILES string of the molecule is CN(C(=O)O)C(c1ccccc1)[C@@H]1CC[C@@H](N=[N+]=[N-])C(O)O1. The van der Waals surface area contributed by atoms with Gasteiger partial charge in [-0.15, -0.1) is 0 Å². The van der Waals surface area contributed by atoms with Crippen LogP contribution in [0.15, 0.2) is 35.4 Å². The van der Waals surface area contributed by atoms with Gasteiger partial charge in [-0.25, -0.2) is 4.79 Å². The normalized spacial score (nSPS) is 25.8. The fourth-order valence-corrected chi connectivity index (χ4v) is 2.69. The highest BCUT2D eigenvalue weighted by Gasteiger charge is 2.37. The molecule has 8 heteroatoms. The zero-order valence-corrected chi connectivity index (χ0v) is 12.1. The van der Waals surface area contributed by atoms with Crippen LogP contribution in [0.1, 0.15) is 24.4 Å². The Morgan fingerprint density at radius 2 is 2.14 bits per heavy atom. The van der Waals surface area contributed by atoms with Crippen LogP contribution in [0.25, 0.3) is 10.4 Å². The number of hydrogen-bond donors (Lipinski definition) is 2. The maximum atomic E-state index is 11.3. The van der Waals surface area contributed by atoms with Crippen molar-refractivity contribution in [1.29, 1.82) is 0 Å². The summed E-state index contributed by atoms with van der Waals surface area (Å²) in [5, 5.41) is 22.7. The largest absolute Gasteiger partial charge is 0.465 e. The number of hydrogen-bond acceptors (Lipinski definition) is 4. The van der Waals surface area contributed by atoms with Gasteiger partial charge in [0, 0.05) is 12.0 Å². The molecule has 1 heterocycles. The summed E-state index contributed by atoms with van der Waals surface area (Å²) in [6.45, 7) is 0. The Morgan fingerprint density at radius 3 is 2.68 bits per heavy atom. The molecule has 2 unspecified atom stereocenters. The molecule has 0 aliphatic carbocycles. The number of aliphatic hydroxyl groups is 1. The van der Waals surface area contributed by atoms with Crippen LogP contribution in [0.3, 0.4) is 0 Å². The predicted octanol–water partition coefficient (Wildman–Crippen LogP) is 2.51. The topological polar surface area (TPSA) is 119 Å². The van der Waals surface area contributed by atoms with Crippen LogP contribution in [-0.4, -0.2) is 46.7 Å². The highest BCUT2D eigenvalue weighted by atomic mass is 16.6. The van der Waals surface area contributed by atoms with Crippen molar-refractivity contribution in [3.8, 4) is 0 Å². The van der Waals surface area contributed by atoms with E-state index in [0.717, 1.165) is 5.56 Å². The maximum Gasteiger partial charge on any atom is 0.407 e. The molecule has 2 N–H and O–H groups in total. The lowest BCUT2D eigenvalue weighted by atomic mass is 9.93. The fraction of sp³-hybridized carbons (Fsp3) is 0.500. The van der Waals surface area contributed by atoms with Gasteiger partial charge >= 0.3 is 6.09 Å². The van der Waals surface area contributed by atoms with Crippen molar-refractivity contribution in [3.05, 3.63) is 46.3 Å². The second-order valence-electron chi connectivity index (χ2n) is 5.16. The van der Waals surface area contributed by atoms with Crippen molar-refractivity contribution in [1.82, 2.24) is 4.90 Å². The van der Waals surface area contributed by atoms with E-state index in [1.165, 1.54) is 11.9 Å². The standard InChI is InChI=1S/C14H18N4O4/c1-18(14(20)21)12(9-5-3-2-4-6-9)11-8-7-10(16-17-15)13(19)22-11/h2-6,10-13,19H,7-8H2,1H3,(H,20,21)/t10-,11+,12?,13?/m1/s1. The first-order chi connectivity index (χ1) is 10.5. The lowest BCUT2D eigenvalue weighted by Crippen LogP contribution is -2.45. The molecule has 8 nitrogen and oxygen atoms in total. The molecule has 2 rings (SSSR count). The second kappa shape index (κ2) is 7.13. The Hall–Kier alpha value is -2.28. The zero-order valence-electron chi connectivity index (χ0n) is 12.1. The number of aliphatic hydroxyl groups excluding tert-OH is 1. The summed E-state index contributed by atoms with van der Waals surface area (Å²) in [6, 6.07) is 7.93. The summed E-state index contributed by atoms with van der Waals surface area (Å²) >= 11 is 0. The molecule has 0 spiro atoms. The molecule has 118 valence electrons. The summed E-state index contributed by atoms with van der Waals surface area (Å²) in [5.41, 5.74) is 9.24. The Labute approximate surface area is 127 Å². The van der Waals surface area contributed by atoms with E-state index in [1.54, 1.807) is 0 Å². The van der Waals surface area contributed by atoms with Crippen molar-refractivity contribution < 1.29 is 19.7 Å². The molecule has 1 fully saturated rings. The van der Waals surface area contributed by atoms with Crippen molar-refractivity contribution in [2.45, 2.75) is 37.3 Å². The van der Waals surface area contributed by atoms with Crippen LogP contribution < -0.4 is 0 Å². The molecule has 0 bridgehead atoms. The quantitative estimate of drug-likeness (QED) is 0.504. The Balaban J connectivity index is 2.23. The van der Waals surface area contributed by atoms with Gasteiger partial charge in [0.25, 0.3) is 0 Å². The Bertz CT molecular complexity index is 561. The first kappa shape index (κ1) is 16.1. The number of carbonyl (C=O) groups is 1. The van der Waals surface area contributed by atoms with Crippen LogP contribution in [-0.2, 0) is 4.74 Å². The van der Waals surface area contributed by atoms with E-state index in [9.17, 15) is 15.0 Å². The van der Waals surface area contributed by atoms with Gasteiger partial charge < -0.3 is 19.8 Å². The molecule has 1 aromatic rings. The molecule has 4 atom stereocenters. The highest BCUT2D eigenvalue weighted by Crippen LogP contribution is 2.33. The van der Waals surface area contributed by atoms with Gasteiger partial charge in [-0.2, -0.15) is 0 Å². The number of likely N-dealkylation sites (N-methyl/N-ethyl adjacent to an activating group) is 1. The Kier molecular flexibility index (Phi) is 5.21. The smallest absolute Gasteiger partial charge is 0.407 e. The van der Waals surface area contributed by atoms with E-state index < -0.39 is 30.6 Å². The third kappa shape index (κ3) is 3.48. The zero-order chi connectivity index (χ0) is 16.1. The van der Waals surface area contributed by atoms with Crippen LogP contribution in [0.2, 0.25) is 0 Å². The molecule has 1 saturated heterocycles. The summed E-state index contributed by atoms with van der Waals surface area (Å²) in [6.07, 6.45) is -1.90. The number of rotatable bonds is 4. The first-order valence-electron chi connectivity index (χ1n) is 6.93. The fourth-order valence-electron chi connectivity index (χ4n) is 2.69. The molecule has 1 amide bonds. The van der Waals surface area contributed by atoms with E-state index in [-0.39, 0.29) is 0 Å². The van der Waals surface area contributed by atoms with E-state index >= 15 is 0 Å². The average molecular weight is 306 g/mol. The van der Waals surface area contributed by atoms with Crippen molar-refractivity contribution in [3.63, 3.8) is 0 Å². The second-order valence-corrected chi connectivity index (χ2v) is 5.16. The van der Waals surface area contributed by atoms with Crippen LogP contribution in [0.4, 0.5) is 4.79 Å². The van der Waals surface area contributed by atoms with Gasteiger partial charge in [0.2, 0.25) is 0 Å². The minimum Gasteiger partial charge on any atom is -0.465 e. The Morgan fingerprint density at radius 1 is 1.45 bits per heavy atom. The van der Waals surface area contributed by atoms with E-state index in [1.807, 2.05) is 30.3 Å². The predicted molar refractivity (Wildman–Crippen MR) is 78.0 cm³/mol. The summed E-state index contributed by atoms with van der Waals surface area (Å²) < 4.78 is 5.53. The molecule has 0 radical (unpaired) electrons. The minimum atomic E-state index is -1.23. The third-order valence-electron chi connectivity index (χ3n) is 3.80. The lowest BCUT2D eigenvalue weighted by Gasteiger charge is -2.39. The van der Waals surface area contributed by atoms with Crippen molar-refractivity contribution in [2.24, 2.45) is 5.11 Å². The van der Waals surface area contributed by atoms with Gasteiger partial charge in [0.15, 0.2) is 6.29 Å². The number of carboxylic acid groups (broad SMARTS) is 1. The molecule has 1 aliphatic heterocycles. The van der Waals surface area contributed by atoms with Gasteiger partial charge in [0.05, 0.1) is 18.2 Å². The van der Waals surface area contributed by atoms with Crippen LogP contribution >= 0.6 is 0 Å². The average Bonchev–Trinajstić information content (AvgIpc) is 2.51. The van der Waals surface area contributed by atoms with Gasteiger partial charge in [-0.05, 0) is 23.9 Å². The van der Waals surface area contributed by atoms with Gasteiger partial charge in [-0.1, -0.05) is 35.4 Å². The molecule has 0 saturated carbocycles. The number of amides is 1. The maximum absolute atomic E-state index is 11.3. The van der Waals surface area contributed by atoms with E-state index in [4.69, 9.17) is 10.3 Å². The van der Waals surface area contributed by atoms with Gasteiger partial charge in [0.1, 0.15) is 0 Å². The van der Waals surface area contributed by atoms with E-state index in [0.29, 0.717) is 12.8 Å². The van der Waals surface area contributed by atoms with Crippen molar-refractivity contribution in [2.75, 3.05) is 7.05 Å². The molecule has 1 aromatic carbocycles. The van der Waals surface area contributed by atoms with Crippen LogP contribution in [0.5, 0.6) is 0 Å². The molecule has 1 aliphatic rings. The summed E-state index contributed by atoms with van der Waals surface area (Å²) in [5.74, 6) is 0. The monoisotopic (exact) mass is 306 g/mol. The van der Waals surface area contributed by atoms with E-state index in [2.05, 4.69) is 10.0 Å². The first-order valence-corrected chi connectivity index (χ1v) is 6.93. The number of nitrogens with zero attached hydrogens (tertiary/aromatic N) is 4. The molecular weight excluding hydrogens is 288 g/mol. The third-order valence-corrected chi connectivity index (χ3v) is 3.80. The number of azide groups is 1. The highest BCUT2D eigenvalue weighted by molar-refractivity contribution is 5.65. The summed E-state index contributed by atoms with van der Waals surface area (Å²) in [4.78, 5) is 15.2. The lowest BCUT2D eigenvalue weighted by molar-refractivity contribution is -0.187. The van der Waals surface area contributed by atoms with Crippen molar-refractivity contribution >= 4 is 6.09 Å². The molecule has 0 aromatic heterocycles. The molecule has 22 heavy (non-hydrogen) atoms. The van der Waals surface area contributed by atoms with Gasteiger partial charge in [-0.3, -0.25) is 0 Å². The van der Waals surface area contributed by atoms with Crippen LogP contribution in [0, 0.1) is 0 Å². The number of benzene rings is 1. The molecular formula is C14H18N4O4. The number of ether oxygens (including phenoxy) is 1. The minimum absolute atomic E-state index is 0.437. The summed E-state index contributed by atoms with van der Waals surface area (Å²) in [7, 11) is 1.47.